The number of likely N-dealkylation sites (tertiary alicyclic amines) is 2. The van der Waals surface area contributed by atoms with E-state index in [9.17, 15) is 29.1 Å². The summed E-state index contributed by atoms with van der Waals surface area (Å²) in [5, 5.41) is 19.3. The molecule has 1 aromatic rings. The van der Waals surface area contributed by atoms with Gasteiger partial charge in [0, 0.05) is 18.9 Å². The SMILES string of the molecule is COc1cc([C@H]2C3=CC[C@@H]4C(=O)N(CCCC(=O)O)C(=O)[C@@H]4[C@@H]3C[C@@]3(Cl)C(=O)N(CBr)C(=O)[C@@]23Cl)cc(Cl)c1O. The number of carboxylic acids is 1. The summed E-state index contributed by atoms with van der Waals surface area (Å²) in [6, 6.07) is 2.87. The number of carbonyl (C=O) groups is 5. The van der Waals surface area contributed by atoms with Crippen LogP contribution in [-0.2, 0) is 24.0 Å². The summed E-state index contributed by atoms with van der Waals surface area (Å²) in [4.78, 5) is 63.4. The average molecular weight is 679 g/mol. The van der Waals surface area contributed by atoms with E-state index in [1.54, 1.807) is 6.08 Å². The molecule has 5 rings (SSSR count). The Bertz CT molecular complexity index is 1390. The predicted octanol–water partition coefficient (Wildman–Crippen LogP) is 3.63. The van der Waals surface area contributed by atoms with Crippen LogP contribution in [0.2, 0.25) is 5.02 Å². The molecular weight excluding hydrogens is 655 g/mol. The van der Waals surface area contributed by atoms with Crippen molar-refractivity contribution in [2.45, 2.75) is 41.3 Å². The number of phenols is 1. The maximum Gasteiger partial charge on any atom is 0.303 e. The van der Waals surface area contributed by atoms with Crippen molar-refractivity contribution in [3.8, 4) is 11.5 Å². The number of hydrogen-bond donors (Lipinski definition) is 2. The molecule has 3 fully saturated rings. The summed E-state index contributed by atoms with van der Waals surface area (Å²) in [6.45, 7) is -0.0482. The van der Waals surface area contributed by atoms with Crippen LogP contribution in [0.1, 0.15) is 37.2 Å². The number of aromatic hydroxyl groups is 1. The van der Waals surface area contributed by atoms with E-state index in [0.29, 0.717) is 11.1 Å². The molecule has 4 amide bonds. The number of hydrogen-bond acceptors (Lipinski definition) is 7. The molecule has 2 aliphatic heterocycles. The van der Waals surface area contributed by atoms with E-state index in [2.05, 4.69) is 15.9 Å². The molecule has 2 saturated heterocycles. The molecule has 0 spiro atoms. The summed E-state index contributed by atoms with van der Waals surface area (Å²) < 4.78 is 5.27. The van der Waals surface area contributed by atoms with E-state index in [4.69, 9.17) is 44.6 Å². The molecule has 0 radical (unpaired) electrons. The van der Waals surface area contributed by atoms with Gasteiger partial charge in [-0.2, -0.15) is 0 Å². The number of allylic oxidation sites excluding steroid dienone is 2. The minimum atomic E-state index is -2.02. The summed E-state index contributed by atoms with van der Waals surface area (Å²) in [6.07, 6.45) is 1.65. The zero-order valence-electron chi connectivity index (χ0n) is 21.0. The fourth-order valence-corrected chi connectivity index (χ4v) is 8.36. The molecule has 1 aromatic carbocycles. The van der Waals surface area contributed by atoms with Gasteiger partial charge in [-0.25, -0.2) is 0 Å². The Kier molecular flexibility index (Phi) is 7.42. The lowest BCUT2D eigenvalue weighted by Gasteiger charge is -2.50. The van der Waals surface area contributed by atoms with Crippen LogP contribution in [-0.4, -0.2) is 78.5 Å². The molecule has 40 heavy (non-hydrogen) atoms. The first-order valence-electron chi connectivity index (χ1n) is 12.5. The molecular formula is C26H24BrCl3N2O8. The summed E-state index contributed by atoms with van der Waals surface area (Å²) in [7, 11) is 1.32. The quantitative estimate of drug-likeness (QED) is 0.193. The van der Waals surface area contributed by atoms with Gasteiger partial charge in [-0.1, -0.05) is 39.2 Å². The second-order valence-electron chi connectivity index (χ2n) is 10.4. The van der Waals surface area contributed by atoms with Gasteiger partial charge in [-0.05, 0) is 42.9 Å². The van der Waals surface area contributed by atoms with Gasteiger partial charge >= 0.3 is 5.97 Å². The van der Waals surface area contributed by atoms with Crippen molar-refractivity contribution in [1.29, 1.82) is 0 Å². The molecule has 10 nitrogen and oxygen atoms in total. The smallest absolute Gasteiger partial charge is 0.303 e. The number of rotatable bonds is 7. The molecule has 0 aromatic heterocycles. The summed E-state index contributed by atoms with van der Waals surface area (Å²) >= 11 is 23.8. The van der Waals surface area contributed by atoms with Gasteiger partial charge in [-0.3, -0.25) is 33.8 Å². The van der Waals surface area contributed by atoms with Crippen LogP contribution >= 0.6 is 50.7 Å². The number of halogens is 4. The maximum atomic E-state index is 13.8. The second-order valence-corrected chi connectivity index (χ2v) is 12.5. The Morgan fingerprint density at radius 1 is 1.12 bits per heavy atom. The van der Waals surface area contributed by atoms with Gasteiger partial charge in [0.2, 0.25) is 11.8 Å². The lowest BCUT2D eigenvalue weighted by atomic mass is 9.56. The highest BCUT2D eigenvalue weighted by molar-refractivity contribution is 9.09. The Balaban J connectivity index is 1.66. The third kappa shape index (κ3) is 3.91. The number of carboxylic acid groups (broad SMARTS) is 1. The van der Waals surface area contributed by atoms with E-state index in [-0.39, 0.29) is 54.2 Å². The molecule has 2 aliphatic carbocycles. The van der Waals surface area contributed by atoms with Crippen LogP contribution in [0, 0.1) is 17.8 Å². The van der Waals surface area contributed by atoms with Crippen molar-refractivity contribution >= 4 is 80.3 Å². The van der Waals surface area contributed by atoms with E-state index >= 15 is 0 Å². The first-order valence-corrected chi connectivity index (χ1v) is 14.7. The number of fused-ring (bicyclic) bond motifs is 4. The number of phenolic OH excluding ortho intramolecular Hbond substituents is 1. The number of benzene rings is 1. The first kappa shape index (κ1) is 29.2. The molecule has 1 saturated carbocycles. The van der Waals surface area contributed by atoms with Gasteiger partial charge in [-0.15, -0.1) is 23.2 Å². The Morgan fingerprint density at radius 2 is 1.82 bits per heavy atom. The van der Waals surface area contributed by atoms with E-state index in [0.717, 1.165) is 9.80 Å². The summed E-state index contributed by atoms with van der Waals surface area (Å²) in [5.41, 5.74) is 0.731. The molecule has 14 heteroatoms. The first-order chi connectivity index (χ1) is 18.8. The van der Waals surface area contributed by atoms with Gasteiger partial charge in [0.15, 0.2) is 21.2 Å². The van der Waals surface area contributed by atoms with E-state index in [1.807, 2.05) is 0 Å². The second kappa shape index (κ2) is 10.2. The molecule has 2 N–H and O–H groups in total. The third-order valence-corrected chi connectivity index (χ3v) is 10.7. The Hall–Kier alpha value is -2.34. The number of imide groups is 2. The van der Waals surface area contributed by atoms with Gasteiger partial charge in [0.05, 0.1) is 29.4 Å². The van der Waals surface area contributed by atoms with Crippen LogP contribution in [0.15, 0.2) is 23.8 Å². The molecule has 6 atom stereocenters. The lowest BCUT2D eigenvalue weighted by molar-refractivity contribution is -0.142. The fourth-order valence-electron chi connectivity index (χ4n) is 6.72. The highest BCUT2D eigenvalue weighted by atomic mass is 79.9. The monoisotopic (exact) mass is 676 g/mol. The van der Waals surface area contributed by atoms with Gasteiger partial charge in [0.25, 0.3) is 11.8 Å². The normalized spacial score (nSPS) is 33.1. The number of nitrogens with zero attached hydrogens (tertiary/aromatic N) is 2. The molecule has 4 aliphatic rings. The minimum Gasteiger partial charge on any atom is -0.503 e. The predicted molar refractivity (Wildman–Crippen MR) is 147 cm³/mol. The van der Waals surface area contributed by atoms with E-state index in [1.165, 1.54) is 19.2 Å². The van der Waals surface area contributed by atoms with Crippen LogP contribution in [0.25, 0.3) is 0 Å². The van der Waals surface area contributed by atoms with Gasteiger partial charge in [0.1, 0.15) is 0 Å². The number of amides is 4. The largest absolute Gasteiger partial charge is 0.503 e. The minimum absolute atomic E-state index is 0.00481. The number of alkyl halides is 3. The number of methoxy groups -OCH3 is 1. The van der Waals surface area contributed by atoms with Crippen molar-refractivity contribution in [3.05, 3.63) is 34.4 Å². The van der Waals surface area contributed by atoms with Crippen LogP contribution in [0.3, 0.4) is 0 Å². The number of ether oxygens (including phenoxy) is 1. The topological polar surface area (TPSA) is 142 Å². The average Bonchev–Trinajstić information content (AvgIpc) is 3.23. The van der Waals surface area contributed by atoms with Crippen LogP contribution in [0.5, 0.6) is 11.5 Å². The zero-order valence-corrected chi connectivity index (χ0v) is 24.9. The Morgan fingerprint density at radius 3 is 2.45 bits per heavy atom. The number of carbonyl (C=O) groups excluding carboxylic acids is 4. The van der Waals surface area contributed by atoms with Crippen molar-refractivity contribution in [2.75, 3.05) is 19.1 Å². The molecule has 0 bridgehead atoms. The molecule has 2 heterocycles. The van der Waals surface area contributed by atoms with Crippen molar-refractivity contribution in [3.63, 3.8) is 0 Å². The zero-order chi connectivity index (χ0) is 29.3. The standard InChI is InChI=1S/C26H24BrCl3N2O8/c1-40-16-8-11(7-15(28)20(16)35)19-12-4-5-13-18(22(37)31(21(13)36)6-2-3-17(33)34)14(12)9-25(29)23(38)32(10-27)24(39)26(19,25)30/h4,7-8,13-14,18-19,35H,2-3,5-6,9-10H2,1H3,(H,33,34)/t13-,14+,18-,19-,25+,26-/m0/s1. The molecule has 214 valence electrons. The molecule has 0 unspecified atom stereocenters. The number of aliphatic carboxylic acids is 1. The maximum absolute atomic E-state index is 13.8. The fraction of sp³-hybridized carbons (Fsp3) is 0.500. The highest BCUT2D eigenvalue weighted by Crippen LogP contribution is 2.66. The van der Waals surface area contributed by atoms with Crippen molar-refractivity contribution in [2.24, 2.45) is 17.8 Å². The summed E-state index contributed by atoms with van der Waals surface area (Å²) in [5.74, 6) is -7.14. The van der Waals surface area contributed by atoms with Crippen LogP contribution < -0.4 is 4.74 Å². The van der Waals surface area contributed by atoms with Crippen LogP contribution in [0.4, 0.5) is 0 Å². The third-order valence-electron chi connectivity index (χ3n) is 8.48. The van der Waals surface area contributed by atoms with Crippen molar-refractivity contribution < 1.29 is 38.9 Å². The Labute approximate surface area is 252 Å². The lowest BCUT2D eigenvalue weighted by Crippen LogP contribution is -2.60. The highest BCUT2D eigenvalue weighted by Gasteiger charge is 2.76. The van der Waals surface area contributed by atoms with Crippen molar-refractivity contribution in [1.82, 2.24) is 9.80 Å². The van der Waals surface area contributed by atoms with Gasteiger partial charge < -0.3 is 14.9 Å². The van der Waals surface area contributed by atoms with E-state index < -0.39 is 63.0 Å².